The van der Waals surface area contributed by atoms with Crippen LogP contribution in [0, 0.1) is 0 Å². The Labute approximate surface area is 493 Å². The summed E-state index contributed by atoms with van der Waals surface area (Å²) >= 11 is 0. The molecule has 0 saturated heterocycles. The molecule has 0 radical (unpaired) electrons. The maximum absolute atomic E-state index is 12.5. The molecule has 0 aromatic heterocycles. The predicted octanol–water partition coefficient (Wildman–Crippen LogP) is 22.9. The Morgan fingerprint density at radius 1 is 0.354 bits per heavy atom. The van der Waals surface area contributed by atoms with E-state index in [-0.39, 0.29) is 18.5 Å². The van der Waals surface area contributed by atoms with E-state index >= 15 is 0 Å². The van der Waals surface area contributed by atoms with E-state index in [4.69, 9.17) is 4.74 Å². The Balaban J connectivity index is 3.35. The van der Waals surface area contributed by atoms with E-state index in [1.54, 1.807) is 6.08 Å². The van der Waals surface area contributed by atoms with Crippen molar-refractivity contribution >= 4 is 11.9 Å². The van der Waals surface area contributed by atoms with Crippen LogP contribution in [0.1, 0.15) is 380 Å². The number of hydrogen-bond acceptors (Lipinski definition) is 5. The third-order valence-electron chi connectivity index (χ3n) is 16.3. The molecule has 0 aromatic carbocycles. The van der Waals surface area contributed by atoms with Gasteiger partial charge in [0.05, 0.1) is 25.4 Å². The molecule has 0 aliphatic carbocycles. The van der Waals surface area contributed by atoms with Gasteiger partial charge in [-0.15, -0.1) is 0 Å². The van der Waals surface area contributed by atoms with E-state index in [0.717, 1.165) is 51.4 Å². The third kappa shape index (κ3) is 64.8. The summed E-state index contributed by atoms with van der Waals surface area (Å²) in [6.07, 6.45) is 89.1. The Hall–Kier alpha value is -2.18. The molecule has 3 N–H and O–H groups in total. The van der Waals surface area contributed by atoms with Crippen molar-refractivity contribution in [3.05, 3.63) is 48.6 Å². The molecule has 0 bridgehead atoms. The first-order valence-electron chi connectivity index (χ1n) is 35.4. The van der Waals surface area contributed by atoms with E-state index in [1.807, 2.05) is 6.08 Å². The van der Waals surface area contributed by atoms with Crippen molar-refractivity contribution in [2.75, 3.05) is 13.2 Å². The largest absolute Gasteiger partial charge is 0.466 e. The van der Waals surface area contributed by atoms with E-state index < -0.39 is 12.1 Å². The summed E-state index contributed by atoms with van der Waals surface area (Å²) in [5, 5.41) is 23.1. The normalized spacial score (nSPS) is 12.8. The van der Waals surface area contributed by atoms with Crippen molar-refractivity contribution in [2.24, 2.45) is 0 Å². The van der Waals surface area contributed by atoms with Crippen LogP contribution < -0.4 is 5.32 Å². The van der Waals surface area contributed by atoms with Gasteiger partial charge in [-0.3, -0.25) is 9.59 Å². The minimum atomic E-state index is -0.842. The van der Waals surface area contributed by atoms with Crippen LogP contribution in [0.4, 0.5) is 0 Å². The van der Waals surface area contributed by atoms with E-state index in [1.165, 1.54) is 302 Å². The van der Waals surface area contributed by atoms with Crippen molar-refractivity contribution in [3.63, 3.8) is 0 Å². The molecule has 2 unspecified atom stereocenters. The molecule has 2 atom stereocenters. The van der Waals surface area contributed by atoms with Gasteiger partial charge in [0.1, 0.15) is 0 Å². The highest BCUT2D eigenvalue weighted by Gasteiger charge is 2.18. The van der Waals surface area contributed by atoms with Crippen molar-refractivity contribution < 1.29 is 24.5 Å². The quantitative estimate of drug-likeness (QED) is 0.0320. The van der Waals surface area contributed by atoms with Gasteiger partial charge in [0.2, 0.25) is 5.91 Å². The van der Waals surface area contributed by atoms with Gasteiger partial charge in [-0.05, 0) is 89.9 Å². The molecule has 0 saturated carbocycles. The third-order valence-corrected chi connectivity index (χ3v) is 16.3. The number of unbranched alkanes of at least 4 members (excludes halogenated alkanes) is 49. The molecule has 0 aliphatic heterocycles. The second kappa shape index (κ2) is 68.3. The summed E-state index contributed by atoms with van der Waals surface area (Å²) in [5.74, 6) is -0.0545. The zero-order chi connectivity index (χ0) is 57.1. The minimum Gasteiger partial charge on any atom is -0.466 e. The number of carbonyl (C=O) groups is 2. The fraction of sp³-hybridized carbons (Fsp3) is 0.863. The average Bonchev–Trinajstić information content (AvgIpc) is 3.45. The number of nitrogens with one attached hydrogen (secondary N) is 1. The highest BCUT2D eigenvalue weighted by atomic mass is 16.5. The van der Waals surface area contributed by atoms with Crippen molar-refractivity contribution in [1.29, 1.82) is 0 Å². The number of esters is 1. The van der Waals surface area contributed by atoms with Gasteiger partial charge >= 0.3 is 5.97 Å². The lowest BCUT2D eigenvalue weighted by atomic mass is 10.0. The van der Waals surface area contributed by atoms with Gasteiger partial charge in [0, 0.05) is 12.8 Å². The molecule has 0 aliphatic rings. The molecule has 0 aromatic rings. The minimum absolute atomic E-state index is 0.0106. The maximum Gasteiger partial charge on any atom is 0.305 e. The summed E-state index contributed by atoms with van der Waals surface area (Å²) in [7, 11) is 0. The summed E-state index contributed by atoms with van der Waals surface area (Å²) < 4.78 is 5.50. The number of hydrogen-bond donors (Lipinski definition) is 3. The Morgan fingerprint density at radius 2 is 0.633 bits per heavy atom. The molecule has 6 heteroatoms. The standard InChI is InChI=1S/C73H137NO5/c1-3-5-7-9-11-13-15-17-18-19-37-40-43-47-51-55-59-63-67-73(78)79-68-64-60-56-52-48-44-41-38-35-33-31-29-27-25-23-21-20-22-24-26-28-30-32-34-36-39-42-46-50-54-58-62-66-72(77)74-70(69-75)71(76)65-61-57-53-49-45-16-14-12-10-8-6-4-2/h13,15,18-19,23,25,61,65,70-71,75-76H,3-12,14,16-17,20-22,24,26-60,62-64,66-69H2,1-2H3,(H,74,77)/b15-13-,19-18-,25-23-,65-61+. The molecule has 0 heterocycles. The number of rotatable bonds is 66. The SMILES string of the molecule is CCCCCC/C=C\C/C=C\CCCCCCCCCC(=O)OCCCCCCCCCCCCCC/C=C\CCCCCCCCCCCCCCCCCCC(=O)NC(CO)C(O)/C=C/CCCCCCCCCCCC. The van der Waals surface area contributed by atoms with E-state index in [2.05, 4.69) is 55.6 Å². The maximum atomic E-state index is 12.5. The molecular formula is C73H137NO5. The van der Waals surface area contributed by atoms with Crippen molar-refractivity contribution in [1.82, 2.24) is 5.32 Å². The second-order valence-electron chi connectivity index (χ2n) is 24.2. The zero-order valence-corrected chi connectivity index (χ0v) is 53.1. The molecule has 0 rings (SSSR count). The average molecular weight is 1110 g/mol. The topological polar surface area (TPSA) is 95.9 Å². The number of ether oxygens (including phenoxy) is 1. The highest BCUT2D eigenvalue weighted by molar-refractivity contribution is 5.76. The Morgan fingerprint density at radius 3 is 0.987 bits per heavy atom. The smallest absolute Gasteiger partial charge is 0.305 e. The second-order valence-corrected chi connectivity index (χ2v) is 24.2. The number of carbonyl (C=O) groups excluding carboxylic acids is 2. The van der Waals surface area contributed by atoms with Gasteiger partial charge in [-0.1, -0.05) is 326 Å². The Kier molecular flexibility index (Phi) is 66.4. The molecule has 79 heavy (non-hydrogen) atoms. The monoisotopic (exact) mass is 1110 g/mol. The van der Waals surface area contributed by atoms with Crippen LogP contribution in [-0.2, 0) is 14.3 Å². The van der Waals surface area contributed by atoms with Gasteiger partial charge in [-0.25, -0.2) is 0 Å². The highest BCUT2D eigenvalue weighted by Crippen LogP contribution is 2.18. The lowest BCUT2D eigenvalue weighted by Crippen LogP contribution is -2.45. The van der Waals surface area contributed by atoms with Crippen LogP contribution in [0.25, 0.3) is 0 Å². The zero-order valence-electron chi connectivity index (χ0n) is 53.1. The molecular weight excluding hydrogens is 971 g/mol. The van der Waals surface area contributed by atoms with Crippen LogP contribution in [0.15, 0.2) is 48.6 Å². The van der Waals surface area contributed by atoms with Crippen molar-refractivity contribution in [2.45, 2.75) is 392 Å². The molecule has 464 valence electrons. The van der Waals surface area contributed by atoms with E-state index in [9.17, 15) is 19.8 Å². The van der Waals surface area contributed by atoms with Gasteiger partial charge < -0.3 is 20.3 Å². The van der Waals surface area contributed by atoms with Gasteiger partial charge in [0.25, 0.3) is 0 Å². The number of allylic oxidation sites excluding steroid dienone is 7. The van der Waals surface area contributed by atoms with Crippen molar-refractivity contribution in [3.8, 4) is 0 Å². The first-order valence-corrected chi connectivity index (χ1v) is 35.4. The van der Waals surface area contributed by atoms with Crippen LogP contribution in [-0.4, -0.2) is 47.4 Å². The number of amides is 1. The molecule has 0 spiro atoms. The molecule has 0 fully saturated rings. The van der Waals surface area contributed by atoms with Crippen LogP contribution in [0.5, 0.6) is 0 Å². The molecule has 1 amide bonds. The molecule has 6 nitrogen and oxygen atoms in total. The predicted molar refractivity (Wildman–Crippen MR) is 347 cm³/mol. The first kappa shape index (κ1) is 76.8. The summed E-state index contributed by atoms with van der Waals surface area (Å²) in [4.78, 5) is 24.6. The van der Waals surface area contributed by atoms with Gasteiger partial charge in [-0.2, -0.15) is 0 Å². The fourth-order valence-corrected chi connectivity index (χ4v) is 10.9. The summed E-state index contributed by atoms with van der Waals surface area (Å²) in [6.45, 7) is 4.90. The van der Waals surface area contributed by atoms with E-state index in [0.29, 0.717) is 19.4 Å². The summed E-state index contributed by atoms with van der Waals surface area (Å²) in [5.41, 5.74) is 0. The lowest BCUT2D eigenvalue weighted by molar-refractivity contribution is -0.143. The Bertz CT molecular complexity index is 1320. The number of aliphatic hydroxyl groups excluding tert-OH is 2. The lowest BCUT2D eigenvalue weighted by Gasteiger charge is -2.20. The summed E-state index contributed by atoms with van der Waals surface area (Å²) in [6, 6.07) is -0.625. The van der Waals surface area contributed by atoms with Crippen LogP contribution in [0.2, 0.25) is 0 Å². The van der Waals surface area contributed by atoms with Gasteiger partial charge in [0.15, 0.2) is 0 Å². The number of aliphatic hydroxyl groups is 2. The fourth-order valence-electron chi connectivity index (χ4n) is 10.9. The van der Waals surface area contributed by atoms with Crippen LogP contribution >= 0.6 is 0 Å². The first-order chi connectivity index (χ1) is 39.0. The van der Waals surface area contributed by atoms with Crippen LogP contribution in [0.3, 0.4) is 0 Å².